The third-order valence-electron chi connectivity index (χ3n) is 6.04. The molecule has 1 saturated heterocycles. The van der Waals surface area contributed by atoms with Gasteiger partial charge in [-0.05, 0) is 37.8 Å². The van der Waals surface area contributed by atoms with Crippen LogP contribution in [-0.2, 0) is 25.7 Å². The summed E-state index contributed by atoms with van der Waals surface area (Å²) in [5.41, 5.74) is 0. The van der Waals surface area contributed by atoms with Crippen LogP contribution in [0.5, 0.6) is 0 Å². The monoisotopic (exact) mass is 419 g/mol. The molecule has 2 amide bonds. The number of hydrogen-bond donors (Lipinski definition) is 1. The van der Waals surface area contributed by atoms with Gasteiger partial charge < -0.3 is 19.4 Å². The lowest BCUT2D eigenvalue weighted by Crippen LogP contribution is -2.57. The van der Waals surface area contributed by atoms with Gasteiger partial charge in [0, 0.05) is 32.6 Å². The fraction of sp³-hybridized carbons (Fsp3) is 0.682. The minimum Gasteiger partial charge on any atom is -0.467 e. The predicted octanol–water partition coefficient (Wildman–Crippen LogP) is 1.94. The summed E-state index contributed by atoms with van der Waals surface area (Å²) in [6.07, 6.45) is 6.36. The molecule has 0 radical (unpaired) electrons. The molecule has 1 saturated carbocycles. The lowest BCUT2D eigenvalue weighted by Gasteiger charge is -2.40. The molecule has 2 heterocycles. The molecule has 0 unspecified atom stereocenters. The second-order valence-corrected chi connectivity index (χ2v) is 8.01. The van der Waals surface area contributed by atoms with Crippen LogP contribution < -0.4 is 5.32 Å². The van der Waals surface area contributed by atoms with E-state index in [2.05, 4.69) is 10.2 Å². The molecule has 2 fully saturated rings. The second kappa shape index (κ2) is 11.2. The van der Waals surface area contributed by atoms with Gasteiger partial charge in [0.05, 0.1) is 31.9 Å². The van der Waals surface area contributed by atoms with E-state index in [0.717, 1.165) is 18.6 Å². The zero-order valence-corrected chi connectivity index (χ0v) is 17.8. The highest BCUT2D eigenvalue weighted by Gasteiger charge is 2.37. The van der Waals surface area contributed by atoms with E-state index in [9.17, 15) is 14.4 Å². The SMILES string of the molecule is CCOC(=O)CCC(=O)N1CCN([C@H](C(=O)NCc2ccco2)C2CCCC2)CC1. The van der Waals surface area contributed by atoms with Crippen molar-refractivity contribution in [1.82, 2.24) is 15.1 Å². The maximum Gasteiger partial charge on any atom is 0.306 e. The highest BCUT2D eigenvalue weighted by Crippen LogP contribution is 2.31. The van der Waals surface area contributed by atoms with Gasteiger partial charge in [-0.15, -0.1) is 0 Å². The molecule has 3 rings (SSSR count). The Bertz CT molecular complexity index is 692. The number of ether oxygens (including phenoxy) is 1. The second-order valence-electron chi connectivity index (χ2n) is 8.01. The van der Waals surface area contributed by atoms with E-state index in [1.807, 2.05) is 12.1 Å². The largest absolute Gasteiger partial charge is 0.467 e. The van der Waals surface area contributed by atoms with Crippen LogP contribution in [0.15, 0.2) is 22.8 Å². The zero-order chi connectivity index (χ0) is 21.3. The molecule has 30 heavy (non-hydrogen) atoms. The smallest absolute Gasteiger partial charge is 0.306 e. The molecule has 1 aliphatic heterocycles. The molecule has 166 valence electrons. The molecule has 1 aliphatic carbocycles. The highest BCUT2D eigenvalue weighted by molar-refractivity contribution is 5.83. The number of esters is 1. The van der Waals surface area contributed by atoms with Gasteiger partial charge in [-0.2, -0.15) is 0 Å². The van der Waals surface area contributed by atoms with E-state index in [1.165, 1.54) is 12.8 Å². The van der Waals surface area contributed by atoms with E-state index in [4.69, 9.17) is 9.15 Å². The van der Waals surface area contributed by atoms with Gasteiger partial charge in [-0.25, -0.2) is 0 Å². The third kappa shape index (κ3) is 6.08. The molecule has 0 spiro atoms. The molecule has 8 heteroatoms. The number of amides is 2. The van der Waals surface area contributed by atoms with Crippen molar-refractivity contribution in [3.05, 3.63) is 24.2 Å². The molecule has 8 nitrogen and oxygen atoms in total. The molecule has 1 aromatic rings. The maximum absolute atomic E-state index is 13.1. The number of furan rings is 1. The van der Waals surface area contributed by atoms with E-state index >= 15 is 0 Å². The van der Waals surface area contributed by atoms with Crippen LogP contribution in [0.3, 0.4) is 0 Å². The summed E-state index contributed by atoms with van der Waals surface area (Å²) in [5.74, 6) is 0.778. The van der Waals surface area contributed by atoms with Crippen LogP contribution in [0.4, 0.5) is 0 Å². The molecule has 1 N–H and O–H groups in total. The van der Waals surface area contributed by atoms with Crippen LogP contribution in [0, 0.1) is 5.92 Å². The van der Waals surface area contributed by atoms with Crippen molar-refractivity contribution in [2.45, 2.75) is 58.0 Å². The van der Waals surface area contributed by atoms with Crippen molar-refractivity contribution in [3.8, 4) is 0 Å². The Hall–Kier alpha value is -2.35. The summed E-state index contributed by atoms with van der Waals surface area (Å²) in [4.78, 5) is 41.0. The summed E-state index contributed by atoms with van der Waals surface area (Å²) in [5, 5.41) is 3.03. The summed E-state index contributed by atoms with van der Waals surface area (Å²) in [6, 6.07) is 3.50. The Labute approximate surface area is 177 Å². The van der Waals surface area contributed by atoms with Gasteiger partial charge in [0.2, 0.25) is 11.8 Å². The van der Waals surface area contributed by atoms with E-state index in [1.54, 1.807) is 18.1 Å². The van der Waals surface area contributed by atoms with E-state index in [0.29, 0.717) is 45.2 Å². The number of carbonyl (C=O) groups is 3. The number of rotatable bonds is 9. The van der Waals surface area contributed by atoms with Crippen molar-refractivity contribution in [3.63, 3.8) is 0 Å². The Balaban J connectivity index is 1.52. The Kier molecular flexibility index (Phi) is 8.30. The average molecular weight is 420 g/mol. The van der Waals surface area contributed by atoms with Crippen LogP contribution >= 0.6 is 0 Å². The maximum atomic E-state index is 13.1. The average Bonchev–Trinajstić information content (AvgIpc) is 3.46. The number of piperazine rings is 1. The topological polar surface area (TPSA) is 92.1 Å². The summed E-state index contributed by atoms with van der Waals surface area (Å²) in [6.45, 7) is 4.97. The number of hydrogen-bond acceptors (Lipinski definition) is 6. The van der Waals surface area contributed by atoms with Gasteiger partial charge in [-0.1, -0.05) is 12.8 Å². The van der Waals surface area contributed by atoms with Gasteiger partial charge in [0.25, 0.3) is 0 Å². The molecule has 0 aromatic carbocycles. The van der Waals surface area contributed by atoms with Gasteiger partial charge >= 0.3 is 5.97 Å². The van der Waals surface area contributed by atoms with Gasteiger partial charge in [-0.3, -0.25) is 19.3 Å². The minimum atomic E-state index is -0.334. The highest BCUT2D eigenvalue weighted by atomic mass is 16.5. The van der Waals surface area contributed by atoms with E-state index < -0.39 is 0 Å². The first-order valence-electron chi connectivity index (χ1n) is 11.1. The quantitative estimate of drug-likeness (QED) is 0.615. The first-order valence-corrected chi connectivity index (χ1v) is 11.1. The van der Waals surface area contributed by atoms with Gasteiger partial charge in [0.15, 0.2) is 0 Å². The Morgan fingerprint density at radius 1 is 1.17 bits per heavy atom. The molecule has 0 bridgehead atoms. The fourth-order valence-electron chi connectivity index (χ4n) is 4.49. The molecule has 1 atom stereocenters. The Morgan fingerprint density at radius 3 is 2.53 bits per heavy atom. The lowest BCUT2D eigenvalue weighted by molar-refractivity contribution is -0.146. The standard InChI is InChI=1S/C22H33N3O5/c1-2-29-20(27)10-9-19(26)24-11-13-25(14-12-24)21(17-6-3-4-7-17)22(28)23-16-18-8-5-15-30-18/h5,8,15,17,21H,2-4,6-7,9-14,16H2,1H3,(H,23,28)/t21-/m0/s1. The molecular weight excluding hydrogens is 386 g/mol. The lowest BCUT2D eigenvalue weighted by atomic mass is 9.95. The van der Waals surface area contributed by atoms with Crippen molar-refractivity contribution in [2.75, 3.05) is 32.8 Å². The van der Waals surface area contributed by atoms with Crippen LogP contribution in [0.2, 0.25) is 0 Å². The number of carbonyl (C=O) groups excluding carboxylic acids is 3. The first-order chi connectivity index (χ1) is 14.6. The third-order valence-corrected chi connectivity index (χ3v) is 6.04. The molecule has 1 aromatic heterocycles. The fourth-order valence-corrected chi connectivity index (χ4v) is 4.49. The van der Waals surface area contributed by atoms with Crippen LogP contribution in [0.1, 0.15) is 51.2 Å². The van der Waals surface area contributed by atoms with Gasteiger partial charge in [0.1, 0.15) is 5.76 Å². The van der Waals surface area contributed by atoms with Crippen molar-refractivity contribution >= 4 is 17.8 Å². The van der Waals surface area contributed by atoms with E-state index in [-0.39, 0.29) is 36.7 Å². The summed E-state index contributed by atoms with van der Waals surface area (Å²) in [7, 11) is 0. The van der Waals surface area contributed by atoms with Crippen molar-refractivity contribution in [1.29, 1.82) is 0 Å². The number of nitrogens with one attached hydrogen (secondary N) is 1. The number of nitrogens with zero attached hydrogens (tertiary/aromatic N) is 2. The molecule has 2 aliphatic rings. The normalized spacial score (nSPS) is 18.9. The minimum absolute atomic E-state index is 0.0256. The van der Waals surface area contributed by atoms with Crippen LogP contribution in [-0.4, -0.2) is 66.4 Å². The van der Waals surface area contributed by atoms with Crippen molar-refractivity contribution < 1.29 is 23.5 Å². The summed E-state index contributed by atoms with van der Waals surface area (Å²) < 4.78 is 10.2. The molecular formula is C22H33N3O5. The summed E-state index contributed by atoms with van der Waals surface area (Å²) >= 11 is 0. The first kappa shape index (κ1) is 22.3. The zero-order valence-electron chi connectivity index (χ0n) is 17.8. The van der Waals surface area contributed by atoms with Crippen LogP contribution in [0.25, 0.3) is 0 Å². The predicted molar refractivity (Wildman–Crippen MR) is 110 cm³/mol. The Morgan fingerprint density at radius 2 is 1.90 bits per heavy atom. The van der Waals surface area contributed by atoms with Crippen molar-refractivity contribution in [2.24, 2.45) is 5.92 Å².